The molecule has 1 saturated carbocycles. The Morgan fingerprint density at radius 2 is 2.18 bits per heavy atom. The van der Waals surface area contributed by atoms with Gasteiger partial charge in [0.1, 0.15) is 11.7 Å². The second-order valence-electron chi connectivity index (χ2n) is 5.74. The van der Waals surface area contributed by atoms with Crippen molar-refractivity contribution in [2.75, 3.05) is 18.1 Å². The summed E-state index contributed by atoms with van der Waals surface area (Å²) in [5.41, 5.74) is 1.48. The average molecular weight is 370 g/mol. The summed E-state index contributed by atoms with van der Waals surface area (Å²) in [4.78, 5) is 26.7. The lowest BCUT2D eigenvalue weighted by molar-refractivity contribution is -0.145. The van der Waals surface area contributed by atoms with Crippen LogP contribution in [0.1, 0.15) is 35.7 Å². The number of esters is 1. The lowest BCUT2D eigenvalue weighted by Crippen LogP contribution is -2.45. The van der Waals surface area contributed by atoms with Crippen LogP contribution in [0.4, 0.5) is 10.1 Å². The number of benzene rings is 1. The molecule has 0 radical (unpaired) electrons. The molecular weight excluding hydrogens is 353 g/mol. The number of ether oxygens (including phenoxy) is 1. The molecular formula is C16H17BrFNO3. The zero-order chi connectivity index (χ0) is 16.0. The van der Waals surface area contributed by atoms with Crippen molar-refractivity contribution >= 4 is 33.4 Å². The summed E-state index contributed by atoms with van der Waals surface area (Å²) in [6, 6.07) is 1.57. The van der Waals surface area contributed by atoms with Crippen LogP contribution in [0.2, 0.25) is 0 Å². The highest BCUT2D eigenvalue weighted by molar-refractivity contribution is 9.10. The van der Waals surface area contributed by atoms with Gasteiger partial charge in [-0.15, -0.1) is 0 Å². The molecule has 0 bridgehead atoms. The van der Waals surface area contributed by atoms with Crippen molar-refractivity contribution in [2.45, 2.75) is 32.7 Å². The lowest BCUT2D eigenvalue weighted by atomic mass is 9.88. The minimum absolute atomic E-state index is 0.0249. The molecule has 1 unspecified atom stereocenters. The Morgan fingerprint density at radius 3 is 2.77 bits per heavy atom. The van der Waals surface area contributed by atoms with E-state index in [4.69, 9.17) is 4.74 Å². The molecule has 0 spiro atoms. The predicted molar refractivity (Wildman–Crippen MR) is 83.7 cm³/mol. The number of hydrogen-bond donors (Lipinski definition) is 0. The SMILES string of the molecule is CCOC(=O)C1CN(C2CC2)c2c(C)c(Br)cc(F)c2C1=O. The molecule has 1 aliphatic heterocycles. The van der Waals surface area contributed by atoms with E-state index < -0.39 is 23.5 Å². The topological polar surface area (TPSA) is 46.6 Å². The zero-order valence-corrected chi connectivity index (χ0v) is 14.1. The normalized spacial score (nSPS) is 20.8. The van der Waals surface area contributed by atoms with Gasteiger partial charge >= 0.3 is 5.97 Å². The van der Waals surface area contributed by atoms with E-state index in [-0.39, 0.29) is 24.8 Å². The fourth-order valence-electron chi connectivity index (χ4n) is 2.99. The standard InChI is InChI=1S/C16H17BrFNO3/c1-3-22-16(21)10-7-19(9-4-5-9)14-8(2)11(17)6-12(18)13(14)15(10)20/h6,9-10H,3-5,7H2,1-2H3. The minimum atomic E-state index is -0.942. The Bertz CT molecular complexity index is 657. The van der Waals surface area contributed by atoms with Gasteiger partial charge < -0.3 is 9.64 Å². The van der Waals surface area contributed by atoms with Crippen LogP contribution in [0.25, 0.3) is 0 Å². The van der Waals surface area contributed by atoms with Crippen molar-refractivity contribution in [2.24, 2.45) is 5.92 Å². The molecule has 0 aromatic heterocycles. The Hall–Kier alpha value is -1.43. The second kappa shape index (κ2) is 5.65. The first-order valence-corrected chi connectivity index (χ1v) is 8.21. The van der Waals surface area contributed by atoms with E-state index in [2.05, 4.69) is 15.9 Å². The van der Waals surface area contributed by atoms with Gasteiger partial charge in [-0.2, -0.15) is 0 Å². The maximum absolute atomic E-state index is 14.4. The van der Waals surface area contributed by atoms with Crippen LogP contribution in [-0.4, -0.2) is 30.9 Å². The molecule has 22 heavy (non-hydrogen) atoms. The molecule has 0 amide bonds. The molecule has 2 aliphatic rings. The van der Waals surface area contributed by atoms with Gasteiger partial charge in [-0.05, 0) is 38.3 Å². The molecule has 6 heteroatoms. The monoisotopic (exact) mass is 369 g/mol. The molecule has 1 aromatic rings. The first kappa shape index (κ1) is 15.5. The number of anilines is 1. The van der Waals surface area contributed by atoms with Crippen LogP contribution in [-0.2, 0) is 9.53 Å². The van der Waals surface area contributed by atoms with Gasteiger partial charge in [-0.1, -0.05) is 15.9 Å². The van der Waals surface area contributed by atoms with Crippen LogP contribution >= 0.6 is 15.9 Å². The van der Waals surface area contributed by atoms with Crippen LogP contribution in [0.15, 0.2) is 10.5 Å². The van der Waals surface area contributed by atoms with E-state index in [0.717, 1.165) is 18.4 Å². The number of fused-ring (bicyclic) bond motifs is 1. The van der Waals surface area contributed by atoms with Gasteiger partial charge in [-0.25, -0.2) is 4.39 Å². The molecule has 0 N–H and O–H groups in total. The Kier molecular flexibility index (Phi) is 3.97. The lowest BCUT2D eigenvalue weighted by Gasteiger charge is -2.36. The number of hydrogen-bond acceptors (Lipinski definition) is 4. The molecule has 3 rings (SSSR count). The molecule has 1 fully saturated rings. The average Bonchev–Trinajstić information content (AvgIpc) is 3.29. The highest BCUT2D eigenvalue weighted by Crippen LogP contribution is 2.43. The highest BCUT2D eigenvalue weighted by atomic mass is 79.9. The summed E-state index contributed by atoms with van der Waals surface area (Å²) < 4.78 is 20.0. The van der Waals surface area contributed by atoms with E-state index >= 15 is 0 Å². The Morgan fingerprint density at radius 1 is 1.50 bits per heavy atom. The molecule has 118 valence electrons. The van der Waals surface area contributed by atoms with Crippen LogP contribution in [0.3, 0.4) is 0 Å². The third-order valence-electron chi connectivity index (χ3n) is 4.23. The summed E-state index contributed by atoms with van der Waals surface area (Å²) >= 11 is 3.34. The fraction of sp³-hybridized carbons (Fsp3) is 0.500. The maximum Gasteiger partial charge on any atom is 0.318 e. The summed E-state index contributed by atoms with van der Waals surface area (Å²) in [6.45, 7) is 4.03. The maximum atomic E-state index is 14.4. The van der Waals surface area contributed by atoms with Crippen LogP contribution in [0.5, 0.6) is 0 Å². The van der Waals surface area contributed by atoms with Gasteiger partial charge in [0.25, 0.3) is 0 Å². The van der Waals surface area contributed by atoms with Crippen molar-refractivity contribution in [3.8, 4) is 0 Å². The zero-order valence-electron chi connectivity index (χ0n) is 12.5. The first-order valence-electron chi connectivity index (χ1n) is 7.41. The van der Waals surface area contributed by atoms with E-state index in [1.165, 1.54) is 6.07 Å². The molecule has 1 atom stereocenters. The van der Waals surface area contributed by atoms with E-state index in [0.29, 0.717) is 10.2 Å². The number of Topliss-reactive ketones (excluding diaryl/α,β-unsaturated/α-hetero) is 1. The quantitative estimate of drug-likeness (QED) is 0.606. The number of carbonyl (C=O) groups is 2. The minimum Gasteiger partial charge on any atom is -0.465 e. The second-order valence-corrected chi connectivity index (χ2v) is 6.60. The van der Waals surface area contributed by atoms with Crippen molar-refractivity contribution < 1.29 is 18.7 Å². The van der Waals surface area contributed by atoms with Gasteiger partial charge in [0.2, 0.25) is 0 Å². The summed E-state index contributed by atoms with van der Waals surface area (Å²) in [6.07, 6.45) is 1.99. The van der Waals surface area contributed by atoms with Gasteiger partial charge in [0.05, 0.1) is 17.9 Å². The molecule has 1 aromatic carbocycles. The third-order valence-corrected chi connectivity index (χ3v) is 5.05. The third kappa shape index (κ3) is 2.43. The smallest absolute Gasteiger partial charge is 0.318 e. The summed E-state index contributed by atoms with van der Waals surface area (Å²) in [5, 5.41) is 0. The van der Waals surface area contributed by atoms with Crippen molar-refractivity contribution in [3.05, 3.63) is 27.5 Å². The Labute approximate surface area is 136 Å². The van der Waals surface area contributed by atoms with Crippen molar-refractivity contribution in [1.29, 1.82) is 0 Å². The van der Waals surface area contributed by atoms with Gasteiger partial charge in [0.15, 0.2) is 5.78 Å². The largest absolute Gasteiger partial charge is 0.465 e. The molecule has 0 saturated heterocycles. The molecule has 1 heterocycles. The van der Waals surface area contributed by atoms with Crippen molar-refractivity contribution in [1.82, 2.24) is 0 Å². The highest BCUT2D eigenvalue weighted by Gasteiger charge is 2.44. The fourth-order valence-corrected chi connectivity index (χ4v) is 3.37. The Balaban J connectivity index is 2.12. The number of carbonyl (C=O) groups excluding carboxylic acids is 2. The summed E-state index contributed by atoms with van der Waals surface area (Å²) in [5.74, 6) is -2.57. The first-order chi connectivity index (χ1) is 10.5. The van der Waals surface area contributed by atoms with Crippen LogP contribution in [0, 0.1) is 18.7 Å². The van der Waals surface area contributed by atoms with E-state index in [1.807, 2.05) is 11.8 Å². The number of ketones is 1. The van der Waals surface area contributed by atoms with Crippen LogP contribution < -0.4 is 4.90 Å². The number of nitrogens with zero attached hydrogens (tertiary/aromatic N) is 1. The van der Waals surface area contributed by atoms with Gasteiger partial charge in [-0.3, -0.25) is 9.59 Å². The number of halogens is 2. The van der Waals surface area contributed by atoms with E-state index in [9.17, 15) is 14.0 Å². The molecule has 4 nitrogen and oxygen atoms in total. The molecule has 1 aliphatic carbocycles. The van der Waals surface area contributed by atoms with Gasteiger partial charge in [0, 0.05) is 17.1 Å². The predicted octanol–water partition coefficient (Wildman–Crippen LogP) is 3.24. The number of rotatable bonds is 3. The van der Waals surface area contributed by atoms with E-state index in [1.54, 1.807) is 6.92 Å². The van der Waals surface area contributed by atoms with Crippen molar-refractivity contribution in [3.63, 3.8) is 0 Å². The summed E-state index contributed by atoms with van der Waals surface area (Å²) in [7, 11) is 0.